The molecule has 0 spiro atoms. The van der Waals surface area contributed by atoms with Crippen LogP contribution in [0, 0.1) is 23.7 Å². The highest BCUT2D eigenvalue weighted by molar-refractivity contribution is 4.92. The van der Waals surface area contributed by atoms with Crippen LogP contribution in [0.15, 0.2) is 0 Å². The fourth-order valence-electron chi connectivity index (χ4n) is 3.52. The zero-order valence-corrected chi connectivity index (χ0v) is 11.1. The van der Waals surface area contributed by atoms with Gasteiger partial charge in [0.15, 0.2) is 0 Å². The molecule has 1 aliphatic rings. The fraction of sp³-hybridized carbons (Fsp3) is 1.00. The van der Waals surface area contributed by atoms with Gasteiger partial charge in [-0.15, -0.1) is 0 Å². The third-order valence-corrected chi connectivity index (χ3v) is 4.45. The molecule has 3 unspecified atom stereocenters. The molecule has 1 rings (SSSR count). The van der Waals surface area contributed by atoms with E-state index in [-0.39, 0.29) is 0 Å². The summed E-state index contributed by atoms with van der Waals surface area (Å²) in [7, 11) is 0. The molecule has 0 aromatic heterocycles. The average molecular weight is 212 g/mol. The summed E-state index contributed by atoms with van der Waals surface area (Å²) in [6, 6.07) is 0. The molecule has 1 saturated carbocycles. The molecule has 0 bridgehead atoms. The van der Waals surface area contributed by atoms with Crippen molar-refractivity contribution in [2.75, 3.05) is 0 Å². The van der Waals surface area contributed by atoms with Crippen LogP contribution in [0.2, 0.25) is 0 Å². The summed E-state index contributed by atoms with van der Waals surface area (Å²) in [6.07, 6.45) is 4.67. The van der Waals surface area contributed by atoms with Gasteiger partial charge in [-0.05, 0) is 49.4 Å². The van der Waals surface area contributed by atoms with Gasteiger partial charge in [0.25, 0.3) is 0 Å². The molecule has 3 atom stereocenters. The molecule has 1 heteroatoms. The predicted octanol–water partition coefficient (Wildman–Crippen LogP) is 3.86. The van der Waals surface area contributed by atoms with Crippen molar-refractivity contribution in [2.45, 2.75) is 65.9 Å². The standard InChI is InChI=1S/C14H28O/c1-6-14(15,10(2)3)13-8-11(4)7-12(5)9-13/h10-13,15H,6-9H2,1-5H3. The first kappa shape index (κ1) is 13.0. The van der Waals surface area contributed by atoms with Crippen molar-refractivity contribution >= 4 is 0 Å². The summed E-state index contributed by atoms with van der Waals surface area (Å²) in [5.41, 5.74) is -0.428. The first-order valence-corrected chi connectivity index (χ1v) is 6.62. The SMILES string of the molecule is CCC(O)(C(C)C)C1CC(C)CC(C)C1. The quantitative estimate of drug-likeness (QED) is 0.753. The minimum Gasteiger partial charge on any atom is -0.389 e. The van der Waals surface area contributed by atoms with E-state index in [9.17, 15) is 5.11 Å². The van der Waals surface area contributed by atoms with Crippen molar-refractivity contribution in [2.24, 2.45) is 23.7 Å². The molecule has 1 N–H and O–H groups in total. The zero-order chi connectivity index (χ0) is 11.6. The Morgan fingerprint density at radius 2 is 1.60 bits per heavy atom. The second-order valence-corrected chi connectivity index (χ2v) is 6.11. The van der Waals surface area contributed by atoms with Gasteiger partial charge in [-0.3, -0.25) is 0 Å². The van der Waals surface area contributed by atoms with Crippen LogP contribution in [0.25, 0.3) is 0 Å². The van der Waals surface area contributed by atoms with Crippen molar-refractivity contribution in [3.8, 4) is 0 Å². The Kier molecular flexibility index (Phi) is 4.22. The Hall–Kier alpha value is -0.0400. The van der Waals surface area contributed by atoms with Gasteiger partial charge in [-0.25, -0.2) is 0 Å². The van der Waals surface area contributed by atoms with Gasteiger partial charge in [0.05, 0.1) is 5.60 Å². The topological polar surface area (TPSA) is 20.2 Å². The molecule has 1 nitrogen and oxygen atoms in total. The maximum absolute atomic E-state index is 10.8. The van der Waals surface area contributed by atoms with Crippen LogP contribution in [0.1, 0.15) is 60.3 Å². The Morgan fingerprint density at radius 1 is 1.13 bits per heavy atom. The molecule has 1 fully saturated rings. The lowest BCUT2D eigenvalue weighted by atomic mass is 9.65. The molecular weight excluding hydrogens is 184 g/mol. The lowest BCUT2D eigenvalue weighted by Gasteiger charge is -2.44. The highest BCUT2D eigenvalue weighted by atomic mass is 16.3. The van der Waals surface area contributed by atoms with Gasteiger partial charge in [0.1, 0.15) is 0 Å². The van der Waals surface area contributed by atoms with Crippen molar-refractivity contribution in [3.05, 3.63) is 0 Å². The van der Waals surface area contributed by atoms with E-state index < -0.39 is 5.60 Å². The first-order valence-electron chi connectivity index (χ1n) is 6.62. The molecule has 0 saturated heterocycles. The lowest BCUT2D eigenvalue weighted by molar-refractivity contribution is -0.0856. The van der Waals surface area contributed by atoms with Gasteiger partial charge in [-0.2, -0.15) is 0 Å². The molecule has 0 aliphatic heterocycles. The monoisotopic (exact) mass is 212 g/mol. The van der Waals surface area contributed by atoms with Crippen LogP contribution in [-0.4, -0.2) is 10.7 Å². The third-order valence-electron chi connectivity index (χ3n) is 4.45. The average Bonchev–Trinajstić information content (AvgIpc) is 2.14. The number of rotatable bonds is 3. The molecule has 0 amide bonds. The normalized spacial score (nSPS) is 36.6. The van der Waals surface area contributed by atoms with Crippen LogP contribution in [0.3, 0.4) is 0 Å². The van der Waals surface area contributed by atoms with Gasteiger partial charge < -0.3 is 5.11 Å². The van der Waals surface area contributed by atoms with Gasteiger partial charge in [0, 0.05) is 0 Å². The highest BCUT2D eigenvalue weighted by Gasteiger charge is 2.41. The summed E-state index contributed by atoms with van der Waals surface area (Å²) in [6.45, 7) is 11.1. The highest BCUT2D eigenvalue weighted by Crippen LogP contribution is 2.43. The maximum atomic E-state index is 10.8. The van der Waals surface area contributed by atoms with E-state index in [1.54, 1.807) is 0 Å². The van der Waals surface area contributed by atoms with E-state index in [1.807, 2.05) is 0 Å². The number of aliphatic hydroxyl groups is 1. The second-order valence-electron chi connectivity index (χ2n) is 6.11. The van der Waals surface area contributed by atoms with Crippen molar-refractivity contribution < 1.29 is 5.11 Å². The van der Waals surface area contributed by atoms with Crippen LogP contribution >= 0.6 is 0 Å². The predicted molar refractivity (Wildman–Crippen MR) is 65.7 cm³/mol. The minimum atomic E-state index is -0.428. The largest absolute Gasteiger partial charge is 0.389 e. The van der Waals surface area contributed by atoms with E-state index in [0.717, 1.165) is 18.3 Å². The summed E-state index contributed by atoms with van der Waals surface area (Å²) in [5.74, 6) is 2.47. The van der Waals surface area contributed by atoms with E-state index in [4.69, 9.17) is 0 Å². The molecular formula is C14H28O. The number of hydrogen-bond donors (Lipinski definition) is 1. The fourth-order valence-corrected chi connectivity index (χ4v) is 3.52. The number of hydrogen-bond acceptors (Lipinski definition) is 1. The van der Waals surface area contributed by atoms with E-state index in [1.165, 1.54) is 19.3 Å². The molecule has 0 aromatic rings. The molecule has 0 aromatic carbocycles. The van der Waals surface area contributed by atoms with Gasteiger partial charge in [0.2, 0.25) is 0 Å². The summed E-state index contributed by atoms with van der Waals surface area (Å²) >= 11 is 0. The minimum absolute atomic E-state index is 0.380. The smallest absolute Gasteiger partial charge is 0.0696 e. The van der Waals surface area contributed by atoms with Crippen molar-refractivity contribution in [1.29, 1.82) is 0 Å². The summed E-state index contributed by atoms with van der Waals surface area (Å²) < 4.78 is 0. The third kappa shape index (κ3) is 2.75. The van der Waals surface area contributed by atoms with E-state index >= 15 is 0 Å². The Labute approximate surface area is 95.3 Å². The lowest BCUT2D eigenvalue weighted by Crippen LogP contribution is -2.45. The van der Waals surface area contributed by atoms with Gasteiger partial charge in [-0.1, -0.05) is 34.6 Å². The second kappa shape index (κ2) is 4.86. The van der Waals surface area contributed by atoms with Crippen LogP contribution < -0.4 is 0 Å². The van der Waals surface area contributed by atoms with Crippen LogP contribution in [0.5, 0.6) is 0 Å². The molecule has 1 aliphatic carbocycles. The first-order chi connectivity index (χ1) is 6.90. The van der Waals surface area contributed by atoms with E-state index in [2.05, 4.69) is 34.6 Å². The molecule has 0 heterocycles. The summed E-state index contributed by atoms with van der Waals surface area (Å²) in [4.78, 5) is 0. The maximum Gasteiger partial charge on any atom is 0.0696 e. The van der Waals surface area contributed by atoms with E-state index in [0.29, 0.717) is 11.8 Å². The van der Waals surface area contributed by atoms with Crippen molar-refractivity contribution in [1.82, 2.24) is 0 Å². The van der Waals surface area contributed by atoms with Crippen molar-refractivity contribution in [3.63, 3.8) is 0 Å². The van der Waals surface area contributed by atoms with Gasteiger partial charge >= 0.3 is 0 Å². The van der Waals surface area contributed by atoms with Crippen LogP contribution in [-0.2, 0) is 0 Å². The Morgan fingerprint density at radius 3 is 1.93 bits per heavy atom. The Bertz CT molecular complexity index is 190. The summed E-state index contributed by atoms with van der Waals surface area (Å²) in [5, 5.41) is 10.8. The Balaban J connectivity index is 2.75. The zero-order valence-electron chi connectivity index (χ0n) is 11.1. The molecule has 90 valence electrons. The molecule has 15 heavy (non-hydrogen) atoms. The van der Waals surface area contributed by atoms with Crippen LogP contribution in [0.4, 0.5) is 0 Å². The molecule has 0 radical (unpaired) electrons.